The van der Waals surface area contributed by atoms with Gasteiger partial charge in [-0.15, -0.1) is 0 Å². The summed E-state index contributed by atoms with van der Waals surface area (Å²) >= 11 is 0. The quantitative estimate of drug-likeness (QED) is 0.815. The van der Waals surface area contributed by atoms with E-state index in [0.717, 1.165) is 18.1 Å². The van der Waals surface area contributed by atoms with Crippen LogP contribution in [0.4, 0.5) is 5.82 Å². The Morgan fingerprint density at radius 3 is 2.40 bits per heavy atom. The van der Waals surface area contributed by atoms with Crippen LogP contribution in [0, 0.1) is 6.92 Å². The first kappa shape index (κ1) is 11.9. The van der Waals surface area contributed by atoms with E-state index >= 15 is 0 Å². The van der Waals surface area contributed by atoms with Crippen molar-refractivity contribution in [1.29, 1.82) is 0 Å². The van der Waals surface area contributed by atoms with Gasteiger partial charge in [0, 0.05) is 24.5 Å². The molecule has 0 aliphatic rings. The van der Waals surface area contributed by atoms with Crippen LogP contribution in [0.25, 0.3) is 0 Å². The Bertz CT molecular complexity index is 320. The van der Waals surface area contributed by atoms with E-state index in [1.54, 1.807) is 12.4 Å². The van der Waals surface area contributed by atoms with Crippen molar-refractivity contribution in [2.45, 2.75) is 26.3 Å². The Kier molecular flexibility index (Phi) is 3.63. The van der Waals surface area contributed by atoms with E-state index in [9.17, 15) is 0 Å². The van der Waals surface area contributed by atoms with Crippen LogP contribution in [0.3, 0.4) is 0 Å². The van der Waals surface area contributed by atoms with Gasteiger partial charge in [0.1, 0.15) is 5.82 Å². The van der Waals surface area contributed by atoms with Crippen LogP contribution in [0.15, 0.2) is 12.4 Å². The summed E-state index contributed by atoms with van der Waals surface area (Å²) < 4.78 is 0. The number of aromatic nitrogens is 2. The zero-order valence-corrected chi connectivity index (χ0v) is 10.2. The van der Waals surface area contributed by atoms with Crippen LogP contribution in [-0.2, 0) is 0 Å². The van der Waals surface area contributed by atoms with Crippen molar-refractivity contribution in [2.24, 2.45) is 0 Å². The molecule has 0 spiro atoms. The molecule has 4 heteroatoms. The number of likely N-dealkylation sites (N-methyl/N-ethyl adjacent to an activating group) is 1. The predicted molar refractivity (Wildman–Crippen MR) is 63.0 cm³/mol. The van der Waals surface area contributed by atoms with Crippen molar-refractivity contribution in [3.05, 3.63) is 18.1 Å². The molecule has 4 nitrogen and oxygen atoms in total. The van der Waals surface area contributed by atoms with E-state index in [1.165, 1.54) is 0 Å². The first-order valence-electron chi connectivity index (χ1n) is 5.12. The minimum absolute atomic E-state index is 0.101. The van der Waals surface area contributed by atoms with Crippen LogP contribution in [0.5, 0.6) is 0 Å². The molecule has 1 heterocycles. The van der Waals surface area contributed by atoms with E-state index in [4.69, 9.17) is 0 Å². The summed E-state index contributed by atoms with van der Waals surface area (Å²) in [5.41, 5.74) is 1.04. The molecular formula is C11H20N4. The van der Waals surface area contributed by atoms with Gasteiger partial charge in [0.25, 0.3) is 0 Å². The molecule has 0 unspecified atom stereocenters. The molecule has 0 aliphatic heterocycles. The molecule has 0 fully saturated rings. The number of nitrogens with zero attached hydrogens (tertiary/aromatic N) is 3. The van der Waals surface area contributed by atoms with Gasteiger partial charge < -0.3 is 10.2 Å². The highest BCUT2D eigenvalue weighted by molar-refractivity contribution is 5.38. The molecule has 0 bridgehead atoms. The second-order valence-corrected chi connectivity index (χ2v) is 4.55. The summed E-state index contributed by atoms with van der Waals surface area (Å²) in [5, 5.41) is 3.32. The molecular weight excluding hydrogens is 188 g/mol. The van der Waals surface area contributed by atoms with Gasteiger partial charge in [-0.3, -0.25) is 4.98 Å². The number of nitrogens with one attached hydrogen (secondary N) is 1. The van der Waals surface area contributed by atoms with Crippen LogP contribution < -0.4 is 5.32 Å². The molecule has 0 saturated heterocycles. The number of aryl methyl sites for hydroxylation is 1. The number of hydrogen-bond donors (Lipinski definition) is 1. The molecule has 0 radical (unpaired) electrons. The smallest absolute Gasteiger partial charge is 0.147 e. The number of anilines is 1. The van der Waals surface area contributed by atoms with Crippen molar-refractivity contribution in [2.75, 3.05) is 26.0 Å². The third-order valence-corrected chi connectivity index (χ3v) is 2.78. The largest absolute Gasteiger partial charge is 0.367 e. The molecule has 84 valence electrons. The second-order valence-electron chi connectivity index (χ2n) is 4.55. The van der Waals surface area contributed by atoms with Crippen LogP contribution in [-0.4, -0.2) is 41.0 Å². The monoisotopic (exact) mass is 208 g/mol. The summed E-state index contributed by atoms with van der Waals surface area (Å²) in [4.78, 5) is 10.6. The van der Waals surface area contributed by atoms with Crippen molar-refractivity contribution in [1.82, 2.24) is 14.9 Å². The van der Waals surface area contributed by atoms with Crippen LogP contribution in [0.1, 0.15) is 19.5 Å². The fourth-order valence-electron chi connectivity index (χ4n) is 1.04. The summed E-state index contributed by atoms with van der Waals surface area (Å²) in [5.74, 6) is 0.868. The Hall–Kier alpha value is -1.16. The van der Waals surface area contributed by atoms with Crippen molar-refractivity contribution in [3.8, 4) is 0 Å². The van der Waals surface area contributed by atoms with Crippen molar-refractivity contribution < 1.29 is 0 Å². The molecule has 0 amide bonds. The average molecular weight is 208 g/mol. The molecule has 1 rings (SSSR count). The van der Waals surface area contributed by atoms with Gasteiger partial charge in [-0.05, 0) is 34.9 Å². The molecule has 1 aromatic heterocycles. The zero-order chi connectivity index (χ0) is 11.5. The van der Waals surface area contributed by atoms with E-state index in [-0.39, 0.29) is 5.54 Å². The average Bonchev–Trinajstić information content (AvgIpc) is 2.16. The summed E-state index contributed by atoms with van der Waals surface area (Å²) in [6.45, 7) is 7.18. The van der Waals surface area contributed by atoms with E-state index < -0.39 is 0 Å². The standard InChI is InChI=1S/C11H20N4/c1-9-10(13-7-6-12-9)14-8-11(2,3)15(4)5/h6-7H,8H2,1-5H3,(H,13,14). The summed E-state index contributed by atoms with van der Waals surface area (Å²) in [7, 11) is 4.15. The van der Waals surface area contributed by atoms with Gasteiger partial charge in [-0.25, -0.2) is 4.98 Å². The lowest BCUT2D eigenvalue weighted by Gasteiger charge is -2.32. The Morgan fingerprint density at radius 2 is 1.87 bits per heavy atom. The minimum atomic E-state index is 0.101. The van der Waals surface area contributed by atoms with Crippen LogP contribution >= 0.6 is 0 Å². The molecule has 15 heavy (non-hydrogen) atoms. The van der Waals surface area contributed by atoms with Gasteiger partial charge in [-0.2, -0.15) is 0 Å². The maximum absolute atomic E-state index is 4.25. The third-order valence-electron chi connectivity index (χ3n) is 2.78. The lowest BCUT2D eigenvalue weighted by molar-refractivity contribution is 0.210. The fraction of sp³-hybridized carbons (Fsp3) is 0.636. The third kappa shape index (κ3) is 3.16. The first-order valence-corrected chi connectivity index (χ1v) is 5.12. The van der Waals surface area contributed by atoms with Gasteiger partial charge >= 0.3 is 0 Å². The molecule has 0 atom stereocenters. The number of hydrogen-bond acceptors (Lipinski definition) is 4. The van der Waals surface area contributed by atoms with Crippen molar-refractivity contribution >= 4 is 5.82 Å². The van der Waals surface area contributed by atoms with Crippen LogP contribution in [0.2, 0.25) is 0 Å². The first-order chi connectivity index (χ1) is 6.93. The molecule has 1 aromatic rings. The molecule has 0 saturated carbocycles. The normalized spacial score (nSPS) is 11.9. The molecule has 0 aromatic carbocycles. The minimum Gasteiger partial charge on any atom is -0.367 e. The van der Waals surface area contributed by atoms with Gasteiger partial charge in [-0.1, -0.05) is 0 Å². The number of rotatable bonds is 4. The van der Waals surface area contributed by atoms with Gasteiger partial charge in [0.05, 0.1) is 5.69 Å². The SMILES string of the molecule is Cc1nccnc1NCC(C)(C)N(C)C. The highest BCUT2D eigenvalue weighted by Gasteiger charge is 2.20. The molecule has 1 N–H and O–H groups in total. The predicted octanol–water partition coefficient (Wildman–Crippen LogP) is 1.54. The maximum Gasteiger partial charge on any atom is 0.147 e. The van der Waals surface area contributed by atoms with Crippen molar-refractivity contribution in [3.63, 3.8) is 0 Å². The highest BCUT2D eigenvalue weighted by Crippen LogP contribution is 2.12. The van der Waals surface area contributed by atoms with E-state index in [1.807, 2.05) is 6.92 Å². The lowest BCUT2D eigenvalue weighted by Crippen LogP contribution is -2.44. The molecule has 0 aliphatic carbocycles. The zero-order valence-electron chi connectivity index (χ0n) is 10.2. The maximum atomic E-state index is 4.25. The topological polar surface area (TPSA) is 41.1 Å². The van der Waals surface area contributed by atoms with E-state index in [0.29, 0.717) is 0 Å². The Labute approximate surface area is 91.7 Å². The highest BCUT2D eigenvalue weighted by atomic mass is 15.2. The Balaban J connectivity index is 2.62. The van der Waals surface area contributed by atoms with Gasteiger partial charge in [0.15, 0.2) is 0 Å². The van der Waals surface area contributed by atoms with E-state index in [2.05, 4.69) is 48.1 Å². The summed E-state index contributed by atoms with van der Waals surface area (Å²) in [6, 6.07) is 0. The Morgan fingerprint density at radius 1 is 1.27 bits per heavy atom. The second kappa shape index (κ2) is 4.57. The fourth-order valence-corrected chi connectivity index (χ4v) is 1.04. The van der Waals surface area contributed by atoms with Gasteiger partial charge in [0.2, 0.25) is 0 Å². The summed E-state index contributed by atoms with van der Waals surface area (Å²) in [6.07, 6.45) is 3.41. The lowest BCUT2D eigenvalue weighted by atomic mass is 10.0.